The second kappa shape index (κ2) is 3.70. The van der Waals surface area contributed by atoms with Crippen molar-refractivity contribution in [1.82, 2.24) is 10.4 Å². The lowest BCUT2D eigenvalue weighted by atomic mass is 9.91. The summed E-state index contributed by atoms with van der Waals surface area (Å²) in [4.78, 5) is 0. The molecule has 0 aromatic heterocycles. The van der Waals surface area contributed by atoms with E-state index in [1.807, 2.05) is 12.3 Å². The van der Waals surface area contributed by atoms with E-state index in [1.54, 1.807) is 0 Å². The largest absolute Gasteiger partial charge is 0.283 e. The normalized spacial score (nSPS) is 24.0. The molecular weight excluding hydrogens is 184 g/mol. The highest BCUT2D eigenvalue weighted by molar-refractivity contribution is 5.47. The molecule has 15 heavy (non-hydrogen) atoms. The quantitative estimate of drug-likeness (QED) is 0.740. The molecule has 0 saturated carbocycles. The number of hydrazine groups is 1. The van der Waals surface area contributed by atoms with Crippen LogP contribution in [0.5, 0.6) is 0 Å². The third-order valence-corrected chi connectivity index (χ3v) is 2.94. The molecule has 0 fully saturated rings. The highest BCUT2D eigenvalue weighted by Gasteiger charge is 2.28. The predicted octanol–water partition coefficient (Wildman–Crippen LogP) is 2.74. The first-order valence-corrected chi connectivity index (χ1v) is 5.45. The Morgan fingerprint density at radius 1 is 1.47 bits per heavy atom. The third kappa shape index (κ3) is 1.65. The van der Waals surface area contributed by atoms with Gasteiger partial charge in [0.1, 0.15) is 0 Å². The van der Waals surface area contributed by atoms with Gasteiger partial charge < -0.3 is 0 Å². The first-order valence-electron chi connectivity index (χ1n) is 5.45. The molecule has 0 amide bonds. The fraction of sp³-hybridized carbons (Fsp3) is 0.385. The first kappa shape index (κ1) is 10.2. The van der Waals surface area contributed by atoms with Crippen molar-refractivity contribution >= 4 is 0 Å². The molecule has 0 saturated heterocycles. The average Bonchev–Trinajstić information content (AvgIpc) is 2.52. The summed E-state index contributed by atoms with van der Waals surface area (Å²) in [7, 11) is 0. The monoisotopic (exact) mass is 202 g/mol. The second-order valence-electron chi connectivity index (χ2n) is 4.40. The molecule has 2 rings (SSSR count). The number of nitrogens with one attached hydrogen (secondary N) is 1. The average molecular weight is 202 g/mol. The van der Waals surface area contributed by atoms with Gasteiger partial charge in [0.15, 0.2) is 0 Å². The van der Waals surface area contributed by atoms with Crippen molar-refractivity contribution in [3.05, 3.63) is 47.9 Å². The highest BCUT2D eigenvalue weighted by Crippen LogP contribution is 2.31. The molecule has 2 nitrogen and oxygen atoms in total. The molecule has 2 aliphatic rings. The standard InChI is InChI=1S/C13H18N2/c1-9(2)10(3)13-11(4)14-15-8-6-5-7-12(13)15/h5-9,11,14H,3H2,1-2,4H3. The van der Waals surface area contributed by atoms with Gasteiger partial charge in [-0.15, -0.1) is 0 Å². The Bertz CT molecular complexity index is 372. The first-order chi connectivity index (χ1) is 7.11. The van der Waals surface area contributed by atoms with Gasteiger partial charge in [-0.3, -0.25) is 5.01 Å². The molecular formula is C13H18N2. The Hall–Kier alpha value is -1.28. The molecule has 0 aromatic carbocycles. The van der Waals surface area contributed by atoms with Crippen molar-refractivity contribution in [3.8, 4) is 0 Å². The molecule has 0 aliphatic carbocycles. The Morgan fingerprint density at radius 2 is 2.20 bits per heavy atom. The van der Waals surface area contributed by atoms with Gasteiger partial charge >= 0.3 is 0 Å². The zero-order valence-electron chi connectivity index (χ0n) is 9.62. The molecule has 80 valence electrons. The molecule has 0 bridgehead atoms. The number of hydrogen-bond acceptors (Lipinski definition) is 2. The van der Waals surface area contributed by atoms with Crippen LogP contribution in [0.3, 0.4) is 0 Å². The number of rotatable bonds is 2. The van der Waals surface area contributed by atoms with E-state index < -0.39 is 0 Å². The van der Waals surface area contributed by atoms with Crippen LogP contribution in [-0.4, -0.2) is 11.1 Å². The molecule has 0 aromatic rings. The van der Waals surface area contributed by atoms with Crippen LogP contribution in [0.1, 0.15) is 20.8 Å². The minimum Gasteiger partial charge on any atom is -0.283 e. The molecule has 2 heteroatoms. The fourth-order valence-corrected chi connectivity index (χ4v) is 2.02. The van der Waals surface area contributed by atoms with Crippen LogP contribution in [0.15, 0.2) is 47.9 Å². The molecule has 1 atom stereocenters. The maximum absolute atomic E-state index is 4.20. The molecule has 2 aliphatic heterocycles. The van der Waals surface area contributed by atoms with Crippen LogP contribution in [0.2, 0.25) is 0 Å². The Kier molecular flexibility index (Phi) is 2.53. The van der Waals surface area contributed by atoms with E-state index in [9.17, 15) is 0 Å². The minimum absolute atomic E-state index is 0.349. The summed E-state index contributed by atoms with van der Waals surface area (Å²) in [6.45, 7) is 10.7. The Balaban J connectivity index is 2.40. The minimum atomic E-state index is 0.349. The van der Waals surface area contributed by atoms with Crippen LogP contribution in [0.4, 0.5) is 0 Å². The zero-order chi connectivity index (χ0) is 11.0. The van der Waals surface area contributed by atoms with Crippen LogP contribution in [0.25, 0.3) is 0 Å². The van der Waals surface area contributed by atoms with Crippen molar-refractivity contribution in [3.63, 3.8) is 0 Å². The van der Waals surface area contributed by atoms with E-state index in [0.29, 0.717) is 12.0 Å². The van der Waals surface area contributed by atoms with Crippen LogP contribution in [-0.2, 0) is 0 Å². The molecule has 0 radical (unpaired) electrons. The van der Waals surface area contributed by atoms with Crippen molar-refractivity contribution in [2.24, 2.45) is 5.92 Å². The fourth-order valence-electron chi connectivity index (χ4n) is 2.02. The van der Waals surface area contributed by atoms with Gasteiger partial charge in [0, 0.05) is 6.20 Å². The van der Waals surface area contributed by atoms with Gasteiger partial charge in [-0.2, -0.15) is 0 Å². The SMILES string of the molecule is C=C(C1=C2C=CC=CN2NC1C)C(C)C. The molecule has 1 N–H and O–H groups in total. The smallest absolute Gasteiger partial charge is 0.0622 e. The zero-order valence-corrected chi connectivity index (χ0v) is 9.62. The van der Waals surface area contributed by atoms with E-state index in [0.717, 1.165) is 0 Å². The number of hydrogen-bond donors (Lipinski definition) is 1. The third-order valence-electron chi connectivity index (χ3n) is 2.94. The van der Waals surface area contributed by atoms with Gasteiger partial charge in [0.2, 0.25) is 0 Å². The maximum Gasteiger partial charge on any atom is 0.0622 e. The number of fused-ring (bicyclic) bond motifs is 1. The van der Waals surface area contributed by atoms with Gasteiger partial charge in [0.25, 0.3) is 0 Å². The molecule has 1 unspecified atom stereocenters. The topological polar surface area (TPSA) is 15.3 Å². The second-order valence-corrected chi connectivity index (χ2v) is 4.40. The summed E-state index contributed by atoms with van der Waals surface area (Å²) in [5.74, 6) is 0.496. The summed E-state index contributed by atoms with van der Waals surface area (Å²) in [5, 5.41) is 2.08. The van der Waals surface area contributed by atoms with E-state index >= 15 is 0 Å². The van der Waals surface area contributed by atoms with Crippen molar-refractivity contribution in [2.45, 2.75) is 26.8 Å². The summed E-state index contributed by atoms with van der Waals surface area (Å²) in [5.41, 5.74) is 7.21. The number of allylic oxidation sites excluding steroid dienone is 3. The van der Waals surface area contributed by atoms with Gasteiger partial charge in [0.05, 0.1) is 11.7 Å². The van der Waals surface area contributed by atoms with E-state index in [-0.39, 0.29) is 0 Å². The van der Waals surface area contributed by atoms with E-state index in [1.165, 1.54) is 16.8 Å². The summed E-state index contributed by atoms with van der Waals surface area (Å²) in [6, 6.07) is 0.349. The summed E-state index contributed by atoms with van der Waals surface area (Å²) >= 11 is 0. The lowest BCUT2D eigenvalue weighted by Gasteiger charge is -2.18. The van der Waals surface area contributed by atoms with Gasteiger partial charge in [-0.25, -0.2) is 5.43 Å². The van der Waals surface area contributed by atoms with Crippen molar-refractivity contribution in [1.29, 1.82) is 0 Å². The Labute approximate surface area is 91.6 Å². The lowest BCUT2D eigenvalue weighted by molar-refractivity contribution is 0.358. The number of nitrogens with zero attached hydrogens (tertiary/aromatic N) is 1. The van der Waals surface area contributed by atoms with Crippen LogP contribution in [0, 0.1) is 5.92 Å². The molecule has 2 heterocycles. The van der Waals surface area contributed by atoms with E-state index in [4.69, 9.17) is 0 Å². The Morgan fingerprint density at radius 3 is 2.87 bits per heavy atom. The van der Waals surface area contributed by atoms with Crippen LogP contribution < -0.4 is 5.43 Å². The van der Waals surface area contributed by atoms with Gasteiger partial charge in [-0.1, -0.05) is 26.5 Å². The lowest BCUT2D eigenvalue weighted by Crippen LogP contribution is -2.32. The summed E-state index contributed by atoms with van der Waals surface area (Å²) < 4.78 is 0. The van der Waals surface area contributed by atoms with Crippen molar-refractivity contribution in [2.75, 3.05) is 0 Å². The van der Waals surface area contributed by atoms with E-state index in [2.05, 4.69) is 49.9 Å². The van der Waals surface area contributed by atoms with Crippen molar-refractivity contribution < 1.29 is 0 Å². The van der Waals surface area contributed by atoms with Gasteiger partial charge in [-0.05, 0) is 36.1 Å². The maximum atomic E-state index is 4.20. The van der Waals surface area contributed by atoms with Crippen LogP contribution >= 0.6 is 0 Å². The summed E-state index contributed by atoms with van der Waals surface area (Å²) in [6.07, 6.45) is 8.29. The predicted molar refractivity (Wildman–Crippen MR) is 63.7 cm³/mol. The molecule has 0 spiro atoms. The highest BCUT2D eigenvalue weighted by atomic mass is 15.5.